The van der Waals surface area contributed by atoms with E-state index in [9.17, 15) is 0 Å². The fourth-order valence-corrected chi connectivity index (χ4v) is 1.24. The van der Waals surface area contributed by atoms with E-state index < -0.39 is 6.04 Å². The van der Waals surface area contributed by atoms with Gasteiger partial charge in [-0.15, -0.1) is 0 Å². The van der Waals surface area contributed by atoms with Gasteiger partial charge < -0.3 is 15.5 Å². The summed E-state index contributed by atoms with van der Waals surface area (Å²) in [4.78, 5) is 0. The number of nitrogens with zero attached hydrogens (tertiary/aromatic N) is 1. The van der Waals surface area contributed by atoms with Gasteiger partial charge >= 0.3 is 0 Å². The molecule has 0 heterocycles. The zero-order valence-corrected chi connectivity index (χ0v) is 8.57. The Bertz CT molecular complexity index is 367. The van der Waals surface area contributed by atoms with Crippen LogP contribution in [0.25, 0.3) is 0 Å². The number of aliphatic hydroxyl groups is 2. The van der Waals surface area contributed by atoms with E-state index >= 15 is 0 Å². The summed E-state index contributed by atoms with van der Waals surface area (Å²) in [5.74, 6) is 0. The monoisotopic (exact) mass is 206 g/mol. The minimum absolute atomic E-state index is 0.171. The summed E-state index contributed by atoms with van der Waals surface area (Å²) < 4.78 is 0. The molecule has 0 aliphatic carbocycles. The SMILES string of the molecule is Cc1ccc(C#N)c(NC(CO)CO)c1. The summed E-state index contributed by atoms with van der Waals surface area (Å²) in [6, 6.07) is 6.99. The highest BCUT2D eigenvalue weighted by Gasteiger charge is 2.08. The first-order chi connectivity index (χ1) is 7.21. The molecule has 0 fully saturated rings. The summed E-state index contributed by atoms with van der Waals surface area (Å²) in [5.41, 5.74) is 2.17. The van der Waals surface area contributed by atoms with Gasteiger partial charge in [0.1, 0.15) is 6.07 Å². The van der Waals surface area contributed by atoms with E-state index in [4.69, 9.17) is 15.5 Å². The van der Waals surface area contributed by atoms with E-state index in [0.717, 1.165) is 5.56 Å². The second kappa shape index (κ2) is 5.35. The Kier molecular flexibility index (Phi) is 4.10. The van der Waals surface area contributed by atoms with E-state index in [0.29, 0.717) is 11.3 Å². The second-order valence-corrected chi connectivity index (χ2v) is 3.37. The van der Waals surface area contributed by atoms with Crippen LogP contribution in [0.15, 0.2) is 18.2 Å². The Balaban J connectivity index is 2.92. The summed E-state index contributed by atoms with van der Waals surface area (Å²) in [5, 5.41) is 29.6. The molecule has 0 aliphatic heterocycles. The van der Waals surface area contributed by atoms with Crippen molar-refractivity contribution in [2.75, 3.05) is 18.5 Å². The molecule has 1 rings (SSSR count). The van der Waals surface area contributed by atoms with Crippen molar-refractivity contribution in [1.82, 2.24) is 0 Å². The molecule has 1 aromatic carbocycles. The molecule has 0 bridgehead atoms. The number of hydrogen-bond acceptors (Lipinski definition) is 4. The molecule has 80 valence electrons. The first kappa shape index (κ1) is 11.5. The largest absolute Gasteiger partial charge is 0.394 e. The van der Waals surface area contributed by atoms with Crippen molar-refractivity contribution in [1.29, 1.82) is 5.26 Å². The number of anilines is 1. The van der Waals surface area contributed by atoms with Crippen molar-refractivity contribution in [3.8, 4) is 6.07 Å². The molecule has 0 saturated carbocycles. The third-order valence-corrected chi connectivity index (χ3v) is 2.10. The van der Waals surface area contributed by atoms with E-state index in [1.165, 1.54) is 0 Å². The fourth-order valence-electron chi connectivity index (χ4n) is 1.24. The molecule has 0 radical (unpaired) electrons. The molecule has 0 atom stereocenters. The lowest BCUT2D eigenvalue weighted by Crippen LogP contribution is -2.28. The molecule has 0 unspecified atom stereocenters. The summed E-state index contributed by atoms with van der Waals surface area (Å²) in [6.07, 6.45) is 0. The topological polar surface area (TPSA) is 76.3 Å². The minimum Gasteiger partial charge on any atom is -0.394 e. The maximum absolute atomic E-state index is 8.91. The lowest BCUT2D eigenvalue weighted by atomic mass is 10.1. The molecular weight excluding hydrogens is 192 g/mol. The first-order valence-corrected chi connectivity index (χ1v) is 4.70. The number of rotatable bonds is 4. The van der Waals surface area contributed by atoms with E-state index in [1.807, 2.05) is 19.1 Å². The smallest absolute Gasteiger partial charge is 0.101 e. The Hall–Kier alpha value is -1.57. The van der Waals surface area contributed by atoms with E-state index in [2.05, 4.69) is 11.4 Å². The average molecular weight is 206 g/mol. The van der Waals surface area contributed by atoms with Crippen molar-refractivity contribution in [2.45, 2.75) is 13.0 Å². The molecular formula is C11H14N2O2. The van der Waals surface area contributed by atoms with Crippen molar-refractivity contribution in [3.05, 3.63) is 29.3 Å². The fraction of sp³-hybridized carbons (Fsp3) is 0.364. The van der Waals surface area contributed by atoms with Crippen LogP contribution in [0.4, 0.5) is 5.69 Å². The summed E-state index contributed by atoms with van der Waals surface area (Å²) in [7, 11) is 0. The van der Waals surface area contributed by atoms with Crippen LogP contribution in [-0.4, -0.2) is 29.5 Å². The van der Waals surface area contributed by atoms with Crippen molar-refractivity contribution in [2.24, 2.45) is 0 Å². The van der Waals surface area contributed by atoms with Gasteiger partial charge in [0.25, 0.3) is 0 Å². The van der Waals surface area contributed by atoms with Gasteiger partial charge in [-0.2, -0.15) is 5.26 Å². The van der Waals surface area contributed by atoms with Crippen LogP contribution in [0, 0.1) is 18.3 Å². The zero-order valence-electron chi connectivity index (χ0n) is 8.57. The predicted molar refractivity (Wildman–Crippen MR) is 57.5 cm³/mol. The number of hydrogen-bond donors (Lipinski definition) is 3. The predicted octanol–water partition coefficient (Wildman–Crippen LogP) is 0.632. The Morgan fingerprint density at radius 3 is 2.60 bits per heavy atom. The van der Waals surface area contributed by atoms with Gasteiger partial charge in [-0.25, -0.2) is 0 Å². The maximum Gasteiger partial charge on any atom is 0.101 e. The van der Waals surface area contributed by atoms with Crippen LogP contribution in [-0.2, 0) is 0 Å². The molecule has 0 aromatic heterocycles. The molecule has 0 amide bonds. The van der Waals surface area contributed by atoms with Gasteiger partial charge in [-0.3, -0.25) is 0 Å². The Labute approximate surface area is 88.8 Å². The summed E-state index contributed by atoms with van der Waals surface area (Å²) in [6.45, 7) is 1.57. The van der Waals surface area contributed by atoms with Gasteiger partial charge in [0, 0.05) is 0 Å². The molecule has 4 heteroatoms. The van der Waals surface area contributed by atoms with Crippen molar-refractivity contribution < 1.29 is 10.2 Å². The summed E-state index contributed by atoms with van der Waals surface area (Å²) >= 11 is 0. The Morgan fingerprint density at radius 2 is 2.07 bits per heavy atom. The lowest BCUT2D eigenvalue weighted by Gasteiger charge is -2.16. The number of aliphatic hydroxyl groups excluding tert-OH is 2. The highest BCUT2D eigenvalue weighted by molar-refractivity contribution is 5.59. The molecule has 3 N–H and O–H groups in total. The average Bonchev–Trinajstić information content (AvgIpc) is 2.26. The molecule has 1 aromatic rings. The molecule has 0 aliphatic rings. The standard InChI is InChI=1S/C11H14N2O2/c1-8-2-3-9(5-12)11(4-8)13-10(6-14)7-15/h2-4,10,13-15H,6-7H2,1H3. The van der Waals surface area contributed by atoms with Crippen molar-refractivity contribution in [3.63, 3.8) is 0 Å². The zero-order chi connectivity index (χ0) is 11.3. The molecule has 4 nitrogen and oxygen atoms in total. The van der Waals surface area contributed by atoms with Crippen LogP contribution in [0.3, 0.4) is 0 Å². The number of nitrogens with one attached hydrogen (secondary N) is 1. The Morgan fingerprint density at radius 1 is 1.40 bits per heavy atom. The van der Waals surface area contributed by atoms with Gasteiger partial charge in [0.15, 0.2) is 0 Å². The van der Waals surface area contributed by atoms with Gasteiger partial charge in [0.05, 0.1) is 30.5 Å². The van der Waals surface area contributed by atoms with Gasteiger partial charge in [0.2, 0.25) is 0 Å². The lowest BCUT2D eigenvalue weighted by molar-refractivity contribution is 0.204. The molecule has 15 heavy (non-hydrogen) atoms. The first-order valence-electron chi connectivity index (χ1n) is 4.70. The molecule has 0 spiro atoms. The van der Waals surface area contributed by atoms with Crippen LogP contribution >= 0.6 is 0 Å². The van der Waals surface area contributed by atoms with Gasteiger partial charge in [-0.1, -0.05) is 6.07 Å². The number of aryl methyl sites for hydroxylation is 1. The quantitative estimate of drug-likeness (QED) is 0.675. The van der Waals surface area contributed by atoms with E-state index in [1.54, 1.807) is 6.07 Å². The third-order valence-electron chi connectivity index (χ3n) is 2.10. The normalized spacial score (nSPS) is 10.1. The van der Waals surface area contributed by atoms with Crippen LogP contribution in [0.1, 0.15) is 11.1 Å². The second-order valence-electron chi connectivity index (χ2n) is 3.37. The van der Waals surface area contributed by atoms with E-state index in [-0.39, 0.29) is 13.2 Å². The highest BCUT2D eigenvalue weighted by Crippen LogP contribution is 2.17. The minimum atomic E-state index is -0.432. The number of nitriles is 1. The van der Waals surface area contributed by atoms with Crippen LogP contribution in [0.5, 0.6) is 0 Å². The molecule has 0 saturated heterocycles. The van der Waals surface area contributed by atoms with Gasteiger partial charge in [-0.05, 0) is 24.6 Å². The third kappa shape index (κ3) is 2.94. The maximum atomic E-state index is 8.91. The highest BCUT2D eigenvalue weighted by atomic mass is 16.3. The van der Waals surface area contributed by atoms with Crippen molar-refractivity contribution >= 4 is 5.69 Å². The van der Waals surface area contributed by atoms with Crippen LogP contribution < -0.4 is 5.32 Å². The number of benzene rings is 1. The van der Waals surface area contributed by atoms with Crippen LogP contribution in [0.2, 0.25) is 0 Å².